The Labute approximate surface area is 113 Å². The van der Waals surface area contributed by atoms with Crippen molar-refractivity contribution in [3.63, 3.8) is 0 Å². The molecule has 4 nitrogen and oxygen atoms in total. The van der Waals surface area contributed by atoms with Gasteiger partial charge in [-0.3, -0.25) is 9.48 Å². The van der Waals surface area contributed by atoms with Crippen molar-refractivity contribution in [2.24, 2.45) is 7.05 Å². The molecule has 2 heterocycles. The number of hydrogen-bond donors (Lipinski definition) is 1. The zero-order valence-electron chi connectivity index (χ0n) is 10.1. The zero-order chi connectivity index (χ0) is 12.9. The minimum Gasteiger partial charge on any atom is -0.340 e. The van der Waals surface area contributed by atoms with Gasteiger partial charge in [0.1, 0.15) is 5.69 Å². The van der Waals surface area contributed by atoms with Crippen LogP contribution in [-0.4, -0.2) is 15.7 Å². The molecule has 0 saturated heterocycles. The molecule has 0 radical (unpaired) electrons. The molecule has 1 aromatic carbocycles. The molecule has 1 N–H and O–H groups in total. The van der Waals surface area contributed by atoms with Gasteiger partial charge in [-0.25, -0.2) is 0 Å². The number of carbonyl (C=O) groups excluding carboxylic acids is 1. The first kappa shape index (κ1) is 11.5. The van der Waals surface area contributed by atoms with Crippen LogP contribution in [0.15, 0.2) is 28.7 Å². The summed E-state index contributed by atoms with van der Waals surface area (Å²) in [6.45, 7) is 1.94. The summed E-state index contributed by atoms with van der Waals surface area (Å²) in [7, 11) is 1.80. The van der Waals surface area contributed by atoms with Crippen LogP contribution >= 0.6 is 15.9 Å². The van der Waals surface area contributed by atoms with E-state index in [1.165, 1.54) is 0 Å². The van der Waals surface area contributed by atoms with Gasteiger partial charge in [-0.15, -0.1) is 0 Å². The highest BCUT2D eigenvalue weighted by Gasteiger charge is 2.35. The fourth-order valence-corrected chi connectivity index (χ4v) is 2.73. The molecule has 5 heteroatoms. The third-order valence-corrected chi connectivity index (χ3v) is 3.78. The van der Waals surface area contributed by atoms with Crippen molar-refractivity contribution in [1.29, 1.82) is 0 Å². The monoisotopic (exact) mass is 305 g/mol. The van der Waals surface area contributed by atoms with Crippen LogP contribution in [0, 0.1) is 6.92 Å². The van der Waals surface area contributed by atoms with E-state index in [4.69, 9.17) is 0 Å². The van der Waals surface area contributed by atoms with Gasteiger partial charge in [0.05, 0.1) is 11.7 Å². The van der Waals surface area contributed by atoms with Crippen molar-refractivity contribution in [3.05, 3.63) is 51.3 Å². The molecule has 1 aliphatic rings. The molecule has 0 spiro atoms. The normalized spacial score (nSPS) is 17.7. The van der Waals surface area contributed by atoms with E-state index < -0.39 is 0 Å². The summed E-state index contributed by atoms with van der Waals surface area (Å²) in [5.41, 5.74) is 3.63. The number of benzene rings is 1. The van der Waals surface area contributed by atoms with E-state index in [9.17, 15) is 4.79 Å². The van der Waals surface area contributed by atoms with Crippen molar-refractivity contribution in [3.8, 4) is 0 Å². The highest BCUT2D eigenvalue weighted by Crippen LogP contribution is 2.33. The Balaban J connectivity index is 2.12. The maximum Gasteiger partial charge on any atom is 0.270 e. The standard InChI is InChI=1S/C13H12BrN3O/c1-7-10-11(8-3-5-9(14)6-4-8)15-13(18)12(10)17(2)16-7/h3-6,11H,1-2H3,(H,15,18). The van der Waals surface area contributed by atoms with Gasteiger partial charge >= 0.3 is 0 Å². The minimum absolute atomic E-state index is 0.0546. The van der Waals surface area contributed by atoms with Gasteiger partial charge in [-0.2, -0.15) is 5.10 Å². The van der Waals surface area contributed by atoms with E-state index >= 15 is 0 Å². The summed E-state index contributed by atoms with van der Waals surface area (Å²) in [6, 6.07) is 7.89. The van der Waals surface area contributed by atoms with E-state index in [2.05, 4.69) is 26.3 Å². The summed E-state index contributed by atoms with van der Waals surface area (Å²) in [5, 5.41) is 7.32. The summed E-state index contributed by atoms with van der Waals surface area (Å²) in [6.07, 6.45) is 0. The summed E-state index contributed by atoms with van der Waals surface area (Å²) in [5.74, 6) is -0.0546. The lowest BCUT2D eigenvalue weighted by Crippen LogP contribution is -2.22. The quantitative estimate of drug-likeness (QED) is 0.879. The van der Waals surface area contributed by atoms with E-state index in [1.54, 1.807) is 11.7 Å². The number of fused-ring (bicyclic) bond motifs is 1. The van der Waals surface area contributed by atoms with Gasteiger partial charge < -0.3 is 5.32 Å². The molecule has 2 aromatic rings. The highest BCUT2D eigenvalue weighted by molar-refractivity contribution is 9.10. The fourth-order valence-electron chi connectivity index (χ4n) is 2.47. The molecule has 92 valence electrons. The molecular weight excluding hydrogens is 294 g/mol. The second kappa shape index (κ2) is 3.95. The number of aromatic nitrogens is 2. The average molecular weight is 306 g/mol. The second-order valence-electron chi connectivity index (χ2n) is 4.43. The van der Waals surface area contributed by atoms with E-state index in [1.807, 2.05) is 31.2 Å². The van der Waals surface area contributed by atoms with Crippen LogP contribution in [0.3, 0.4) is 0 Å². The Morgan fingerprint density at radius 3 is 2.67 bits per heavy atom. The van der Waals surface area contributed by atoms with Gasteiger partial charge in [0.25, 0.3) is 5.91 Å². The molecule has 3 rings (SSSR count). The third kappa shape index (κ3) is 1.58. The first-order valence-corrected chi connectivity index (χ1v) is 6.47. The fraction of sp³-hybridized carbons (Fsp3) is 0.231. The molecular formula is C13H12BrN3O. The maximum absolute atomic E-state index is 12.0. The molecule has 1 aliphatic heterocycles. The van der Waals surface area contributed by atoms with Gasteiger partial charge in [-0.05, 0) is 24.6 Å². The van der Waals surface area contributed by atoms with Gasteiger partial charge in [-0.1, -0.05) is 28.1 Å². The average Bonchev–Trinajstić information content (AvgIpc) is 2.81. The Kier molecular flexibility index (Phi) is 2.52. The smallest absolute Gasteiger partial charge is 0.270 e. The second-order valence-corrected chi connectivity index (χ2v) is 5.35. The molecule has 0 saturated carbocycles. The van der Waals surface area contributed by atoms with E-state index in [0.717, 1.165) is 21.3 Å². The summed E-state index contributed by atoms with van der Waals surface area (Å²) >= 11 is 3.41. The van der Waals surface area contributed by atoms with Gasteiger partial charge in [0.2, 0.25) is 0 Å². The van der Waals surface area contributed by atoms with E-state index in [0.29, 0.717) is 5.69 Å². The number of nitrogens with one attached hydrogen (secondary N) is 1. The number of carbonyl (C=O) groups is 1. The Hall–Kier alpha value is -1.62. The first-order chi connectivity index (χ1) is 8.58. The molecule has 1 atom stereocenters. The molecule has 18 heavy (non-hydrogen) atoms. The topological polar surface area (TPSA) is 46.9 Å². The number of halogens is 1. The van der Waals surface area contributed by atoms with Crippen molar-refractivity contribution in [2.45, 2.75) is 13.0 Å². The van der Waals surface area contributed by atoms with Crippen molar-refractivity contribution >= 4 is 21.8 Å². The van der Waals surface area contributed by atoms with E-state index in [-0.39, 0.29) is 11.9 Å². The van der Waals surface area contributed by atoms with Crippen LogP contribution in [-0.2, 0) is 7.05 Å². The van der Waals surface area contributed by atoms with Crippen molar-refractivity contribution < 1.29 is 4.79 Å². The molecule has 1 amide bonds. The highest BCUT2D eigenvalue weighted by atomic mass is 79.9. The Morgan fingerprint density at radius 1 is 1.33 bits per heavy atom. The number of rotatable bonds is 1. The lowest BCUT2D eigenvalue weighted by molar-refractivity contribution is 0.0951. The Morgan fingerprint density at radius 2 is 2.00 bits per heavy atom. The Bertz CT molecular complexity index is 630. The molecule has 0 aliphatic carbocycles. The number of nitrogens with zero attached hydrogens (tertiary/aromatic N) is 2. The molecule has 1 unspecified atom stereocenters. The number of aryl methyl sites for hydroxylation is 2. The third-order valence-electron chi connectivity index (χ3n) is 3.25. The van der Waals surface area contributed by atoms with Crippen molar-refractivity contribution in [1.82, 2.24) is 15.1 Å². The van der Waals surface area contributed by atoms with Crippen LogP contribution in [0.5, 0.6) is 0 Å². The largest absolute Gasteiger partial charge is 0.340 e. The zero-order valence-corrected chi connectivity index (χ0v) is 11.7. The van der Waals surface area contributed by atoms with Crippen LogP contribution < -0.4 is 5.32 Å². The minimum atomic E-state index is -0.0886. The van der Waals surface area contributed by atoms with Crippen molar-refractivity contribution in [2.75, 3.05) is 0 Å². The summed E-state index contributed by atoms with van der Waals surface area (Å²) in [4.78, 5) is 12.0. The van der Waals surface area contributed by atoms with Crippen LogP contribution in [0.1, 0.15) is 33.4 Å². The van der Waals surface area contributed by atoms with Gasteiger partial charge in [0, 0.05) is 17.1 Å². The SMILES string of the molecule is Cc1nn(C)c2c1C(c1ccc(Br)cc1)NC2=O. The number of amides is 1. The molecule has 0 bridgehead atoms. The first-order valence-electron chi connectivity index (χ1n) is 5.67. The van der Waals surface area contributed by atoms with Crippen LogP contribution in [0.25, 0.3) is 0 Å². The predicted molar refractivity (Wildman–Crippen MR) is 71.4 cm³/mol. The maximum atomic E-state index is 12.0. The predicted octanol–water partition coefficient (Wildman–Crippen LogP) is 2.32. The molecule has 1 aromatic heterocycles. The lowest BCUT2D eigenvalue weighted by Gasteiger charge is -2.12. The summed E-state index contributed by atoms with van der Waals surface area (Å²) < 4.78 is 2.68. The van der Waals surface area contributed by atoms with Crippen LogP contribution in [0.2, 0.25) is 0 Å². The van der Waals surface area contributed by atoms with Gasteiger partial charge in [0.15, 0.2) is 0 Å². The lowest BCUT2D eigenvalue weighted by atomic mass is 10.0. The van der Waals surface area contributed by atoms with Crippen LogP contribution in [0.4, 0.5) is 0 Å². The number of hydrogen-bond acceptors (Lipinski definition) is 2. The molecule has 0 fully saturated rings.